The molecule has 0 aliphatic rings. The Kier molecular flexibility index (Phi) is 3.36. The van der Waals surface area contributed by atoms with Gasteiger partial charge < -0.3 is 5.73 Å². The average Bonchev–Trinajstić information content (AvgIpc) is 2.99. The lowest BCUT2D eigenvalue weighted by Crippen LogP contribution is -1.98. The van der Waals surface area contributed by atoms with Gasteiger partial charge in [0, 0.05) is 29.4 Å². The van der Waals surface area contributed by atoms with Crippen molar-refractivity contribution in [3.8, 4) is 11.3 Å². The first kappa shape index (κ1) is 12.4. The van der Waals surface area contributed by atoms with E-state index >= 15 is 0 Å². The fourth-order valence-corrected chi connectivity index (χ4v) is 3.13. The van der Waals surface area contributed by atoms with Crippen molar-refractivity contribution in [1.29, 1.82) is 0 Å². The molecule has 2 heterocycles. The third-order valence-electron chi connectivity index (χ3n) is 3.28. The number of nitrogens with zero attached hydrogens (tertiary/aromatic N) is 2. The number of nitrogens with two attached hydrogens (primary N) is 1. The fourth-order valence-electron chi connectivity index (χ4n) is 2.25. The molecule has 0 radical (unpaired) electrons. The van der Waals surface area contributed by atoms with Crippen molar-refractivity contribution in [3.63, 3.8) is 0 Å². The number of aryl methyl sites for hydroxylation is 1. The van der Waals surface area contributed by atoms with Crippen LogP contribution < -0.4 is 5.73 Å². The van der Waals surface area contributed by atoms with Crippen LogP contribution in [0, 0.1) is 0 Å². The predicted octanol–water partition coefficient (Wildman–Crippen LogP) is 3.47. The van der Waals surface area contributed by atoms with Crippen molar-refractivity contribution in [1.82, 2.24) is 9.38 Å². The second-order valence-electron chi connectivity index (χ2n) is 4.66. The van der Waals surface area contributed by atoms with Gasteiger partial charge in [0.05, 0.1) is 5.69 Å². The van der Waals surface area contributed by atoms with E-state index in [2.05, 4.69) is 52.2 Å². The molecule has 0 spiro atoms. The van der Waals surface area contributed by atoms with Crippen LogP contribution in [-0.4, -0.2) is 9.38 Å². The van der Waals surface area contributed by atoms with Gasteiger partial charge in [-0.15, -0.1) is 11.3 Å². The second-order valence-corrected chi connectivity index (χ2v) is 5.49. The van der Waals surface area contributed by atoms with E-state index in [1.807, 2.05) is 0 Å². The smallest absolute Gasteiger partial charge is 0.194 e. The lowest BCUT2D eigenvalue weighted by atomic mass is 10.1. The summed E-state index contributed by atoms with van der Waals surface area (Å²) in [6, 6.07) is 8.69. The maximum atomic E-state index is 5.72. The molecule has 3 nitrogen and oxygen atoms in total. The molecule has 3 rings (SSSR count). The van der Waals surface area contributed by atoms with Gasteiger partial charge >= 0.3 is 0 Å². The van der Waals surface area contributed by atoms with Gasteiger partial charge in [0.1, 0.15) is 0 Å². The van der Waals surface area contributed by atoms with E-state index in [0.717, 1.165) is 22.8 Å². The average molecular weight is 271 g/mol. The summed E-state index contributed by atoms with van der Waals surface area (Å²) in [5, 5.41) is 2.07. The molecule has 0 fully saturated rings. The fraction of sp³-hybridized carbons (Fsp3) is 0.267. The van der Waals surface area contributed by atoms with Gasteiger partial charge in [-0.1, -0.05) is 37.6 Å². The first-order chi connectivity index (χ1) is 9.31. The van der Waals surface area contributed by atoms with Crippen LogP contribution in [0.15, 0.2) is 35.8 Å². The minimum Gasteiger partial charge on any atom is -0.325 e. The van der Waals surface area contributed by atoms with Crippen LogP contribution in [0.2, 0.25) is 0 Å². The monoisotopic (exact) mass is 271 g/mol. The molecule has 0 aliphatic carbocycles. The Bertz CT molecular complexity index is 679. The van der Waals surface area contributed by atoms with E-state index in [4.69, 9.17) is 5.73 Å². The van der Waals surface area contributed by atoms with Crippen LogP contribution in [0.1, 0.15) is 24.6 Å². The van der Waals surface area contributed by atoms with Crippen molar-refractivity contribution < 1.29 is 0 Å². The summed E-state index contributed by atoms with van der Waals surface area (Å²) in [4.78, 5) is 5.66. The van der Waals surface area contributed by atoms with Crippen LogP contribution in [0.3, 0.4) is 0 Å². The molecular formula is C15H17N3S. The van der Waals surface area contributed by atoms with Crippen LogP contribution in [0.5, 0.6) is 0 Å². The van der Waals surface area contributed by atoms with Crippen LogP contribution in [0.4, 0.5) is 0 Å². The lowest BCUT2D eigenvalue weighted by Gasteiger charge is -2.00. The summed E-state index contributed by atoms with van der Waals surface area (Å²) < 4.78 is 2.08. The maximum absolute atomic E-state index is 5.72. The number of imidazole rings is 1. The van der Waals surface area contributed by atoms with Gasteiger partial charge in [0.25, 0.3) is 0 Å². The SMILES string of the molecule is CCCc1ccc(-c2cn3c(CN)csc3n2)cc1. The van der Waals surface area contributed by atoms with E-state index in [0.29, 0.717) is 6.54 Å². The molecule has 0 atom stereocenters. The predicted molar refractivity (Wildman–Crippen MR) is 80.4 cm³/mol. The summed E-state index contributed by atoms with van der Waals surface area (Å²) in [5.74, 6) is 0. The summed E-state index contributed by atoms with van der Waals surface area (Å²) in [7, 11) is 0. The Labute approximate surface area is 116 Å². The number of hydrogen-bond donors (Lipinski definition) is 1. The van der Waals surface area contributed by atoms with Crippen LogP contribution in [0.25, 0.3) is 16.2 Å². The molecule has 3 aromatic rings. The molecule has 2 aromatic heterocycles. The number of benzene rings is 1. The first-order valence-electron chi connectivity index (χ1n) is 6.56. The van der Waals surface area contributed by atoms with Crippen molar-refractivity contribution in [2.75, 3.05) is 0 Å². The van der Waals surface area contributed by atoms with E-state index in [1.165, 1.54) is 17.5 Å². The standard InChI is InChI=1S/C15H17N3S/c1-2-3-11-4-6-12(7-5-11)14-9-18-13(8-16)10-19-15(18)17-14/h4-7,9-10H,2-3,8,16H2,1H3. The number of fused-ring (bicyclic) bond motifs is 1. The molecule has 0 aliphatic heterocycles. The number of thiazole rings is 1. The highest BCUT2D eigenvalue weighted by Crippen LogP contribution is 2.24. The Morgan fingerprint density at radius 1 is 1.26 bits per heavy atom. The number of aromatic nitrogens is 2. The highest BCUT2D eigenvalue weighted by atomic mass is 32.1. The van der Waals surface area contributed by atoms with Gasteiger partial charge in [-0.25, -0.2) is 4.98 Å². The molecular weight excluding hydrogens is 254 g/mol. The Morgan fingerprint density at radius 3 is 2.74 bits per heavy atom. The molecule has 0 saturated carbocycles. The summed E-state index contributed by atoms with van der Waals surface area (Å²) in [6.07, 6.45) is 4.39. The Hall–Kier alpha value is -1.65. The highest BCUT2D eigenvalue weighted by molar-refractivity contribution is 7.15. The van der Waals surface area contributed by atoms with E-state index in [9.17, 15) is 0 Å². The van der Waals surface area contributed by atoms with Gasteiger partial charge in [-0.3, -0.25) is 4.40 Å². The zero-order valence-corrected chi connectivity index (χ0v) is 11.8. The minimum atomic E-state index is 0.547. The number of rotatable bonds is 4. The summed E-state index contributed by atoms with van der Waals surface area (Å²) in [5.41, 5.74) is 10.4. The summed E-state index contributed by atoms with van der Waals surface area (Å²) in [6.45, 7) is 2.75. The molecule has 2 N–H and O–H groups in total. The highest BCUT2D eigenvalue weighted by Gasteiger charge is 2.08. The van der Waals surface area contributed by atoms with Crippen LogP contribution >= 0.6 is 11.3 Å². The molecule has 19 heavy (non-hydrogen) atoms. The molecule has 0 bridgehead atoms. The molecule has 0 saturated heterocycles. The van der Waals surface area contributed by atoms with Crippen molar-refractivity contribution in [3.05, 3.63) is 47.1 Å². The van der Waals surface area contributed by atoms with Crippen molar-refractivity contribution >= 4 is 16.3 Å². The van der Waals surface area contributed by atoms with E-state index in [-0.39, 0.29) is 0 Å². The zero-order chi connectivity index (χ0) is 13.2. The maximum Gasteiger partial charge on any atom is 0.194 e. The molecule has 0 amide bonds. The lowest BCUT2D eigenvalue weighted by molar-refractivity contribution is 0.922. The van der Waals surface area contributed by atoms with Gasteiger partial charge in [-0.05, 0) is 12.0 Å². The van der Waals surface area contributed by atoms with Crippen molar-refractivity contribution in [2.24, 2.45) is 5.73 Å². The quantitative estimate of drug-likeness (QED) is 0.789. The summed E-state index contributed by atoms with van der Waals surface area (Å²) >= 11 is 1.64. The van der Waals surface area contributed by atoms with E-state index < -0.39 is 0 Å². The van der Waals surface area contributed by atoms with Gasteiger partial charge in [0.2, 0.25) is 0 Å². The van der Waals surface area contributed by atoms with E-state index in [1.54, 1.807) is 11.3 Å². The molecule has 4 heteroatoms. The Morgan fingerprint density at radius 2 is 2.05 bits per heavy atom. The third-order valence-corrected chi connectivity index (χ3v) is 4.17. The van der Waals surface area contributed by atoms with Gasteiger partial charge in [-0.2, -0.15) is 0 Å². The molecule has 98 valence electrons. The topological polar surface area (TPSA) is 43.3 Å². The number of hydrogen-bond acceptors (Lipinski definition) is 3. The third kappa shape index (κ3) is 2.29. The van der Waals surface area contributed by atoms with Crippen molar-refractivity contribution in [2.45, 2.75) is 26.3 Å². The largest absolute Gasteiger partial charge is 0.325 e. The minimum absolute atomic E-state index is 0.547. The van der Waals surface area contributed by atoms with Gasteiger partial charge in [0.15, 0.2) is 4.96 Å². The van der Waals surface area contributed by atoms with Crippen LogP contribution in [-0.2, 0) is 13.0 Å². The zero-order valence-electron chi connectivity index (χ0n) is 11.0. The first-order valence-corrected chi connectivity index (χ1v) is 7.44. The second kappa shape index (κ2) is 5.15. The Balaban J connectivity index is 1.96. The normalized spacial score (nSPS) is 11.3. The molecule has 1 aromatic carbocycles. The molecule has 0 unspecified atom stereocenters.